The topological polar surface area (TPSA) is 95.9 Å². The van der Waals surface area contributed by atoms with Gasteiger partial charge in [0.15, 0.2) is 0 Å². The zero-order chi connectivity index (χ0) is 22.7. The van der Waals surface area contributed by atoms with Crippen molar-refractivity contribution < 1.29 is 24.5 Å². The van der Waals surface area contributed by atoms with Crippen molar-refractivity contribution in [3.8, 4) is 16.9 Å². The first kappa shape index (κ1) is 21.4. The van der Waals surface area contributed by atoms with Crippen LogP contribution in [0.15, 0.2) is 66.7 Å². The normalized spacial score (nSPS) is 13.2. The summed E-state index contributed by atoms with van der Waals surface area (Å²) in [5.41, 5.74) is 5.84. The number of phenolic OH excluding ortho intramolecular Hbond substituents is 1. The number of aromatic hydroxyl groups is 1. The number of alkyl carbamates (subject to hydrolysis) is 1. The first-order valence-electron chi connectivity index (χ1n) is 10.6. The van der Waals surface area contributed by atoms with Gasteiger partial charge in [0, 0.05) is 12.3 Å². The van der Waals surface area contributed by atoms with Crippen LogP contribution in [-0.4, -0.2) is 34.9 Å². The van der Waals surface area contributed by atoms with Gasteiger partial charge in [-0.05, 0) is 45.9 Å². The Morgan fingerprint density at radius 1 is 1.00 bits per heavy atom. The van der Waals surface area contributed by atoms with Crippen LogP contribution in [0.2, 0.25) is 0 Å². The molecule has 1 amide bonds. The number of amides is 1. The van der Waals surface area contributed by atoms with Crippen LogP contribution in [0.1, 0.15) is 35.1 Å². The Morgan fingerprint density at radius 2 is 1.62 bits per heavy atom. The molecule has 1 atom stereocenters. The highest BCUT2D eigenvalue weighted by molar-refractivity contribution is 5.81. The number of nitrogens with one attached hydrogen (secondary N) is 1. The van der Waals surface area contributed by atoms with Crippen LogP contribution in [0.3, 0.4) is 0 Å². The van der Waals surface area contributed by atoms with E-state index in [2.05, 4.69) is 5.32 Å². The summed E-state index contributed by atoms with van der Waals surface area (Å²) in [7, 11) is 0. The van der Waals surface area contributed by atoms with Crippen molar-refractivity contribution in [3.05, 3.63) is 89.0 Å². The molecule has 1 aliphatic carbocycles. The molecule has 1 aliphatic rings. The lowest BCUT2D eigenvalue weighted by atomic mass is 9.98. The molecule has 4 rings (SSSR count). The quantitative estimate of drug-likeness (QED) is 0.512. The van der Waals surface area contributed by atoms with Gasteiger partial charge in [0.1, 0.15) is 18.4 Å². The summed E-state index contributed by atoms with van der Waals surface area (Å²) in [6, 6.07) is 19.9. The summed E-state index contributed by atoms with van der Waals surface area (Å²) in [4.78, 5) is 24.2. The number of hydrogen-bond donors (Lipinski definition) is 3. The molecule has 0 radical (unpaired) electrons. The number of phenols is 1. The molecular weight excluding hydrogens is 406 g/mol. The van der Waals surface area contributed by atoms with Crippen LogP contribution in [0.5, 0.6) is 5.75 Å². The van der Waals surface area contributed by atoms with Crippen molar-refractivity contribution in [2.45, 2.75) is 31.7 Å². The summed E-state index contributed by atoms with van der Waals surface area (Å²) in [6.07, 6.45) is -0.0882. The maximum absolute atomic E-state index is 12.5. The number of fused-ring (bicyclic) bond motifs is 3. The second kappa shape index (κ2) is 9.14. The Balaban J connectivity index is 1.44. The second-order valence-electron chi connectivity index (χ2n) is 7.88. The monoisotopic (exact) mass is 431 g/mol. The van der Waals surface area contributed by atoms with Gasteiger partial charge in [0.25, 0.3) is 0 Å². The highest BCUT2D eigenvalue weighted by atomic mass is 16.5. The van der Waals surface area contributed by atoms with Crippen molar-refractivity contribution in [2.24, 2.45) is 0 Å². The van der Waals surface area contributed by atoms with E-state index in [4.69, 9.17) is 4.74 Å². The molecular formula is C26H25NO5. The molecule has 0 heterocycles. The number of carboxylic acid groups (broad SMARTS) is 1. The summed E-state index contributed by atoms with van der Waals surface area (Å²) < 4.78 is 5.46. The van der Waals surface area contributed by atoms with E-state index in [-0.39, 0.29) is 24.7 Å². The molecule has 164 valence electrons. The van der Waals surface area contributed by atoms with Crippen molar-refractivity contribution in [1.82, 2.24) is 5.32 Å². The molecule has 0 bridgehead atoms. The van der Waals surface area contributed by atoms with E-state index in [1.807, 2.05) is 55.5 Å². The first-order chi connectivity index (χ1) is 15.5. The maximum Gasteiger partial charge on any atom is 0.407 e. The molecule has 0 saturated carbocycles. The van der Waals surface area contributed by atoms with Crippen molar-refractivity contribution in [1.29, 1.82) is 0 Å². The molecule has 3 aromatic rings. The second-order valence-corrected chi connectivity index (χ2v) is 7.88. The van der Waals surface area contributed by atoms with Gasteiger partial charge in [-0.2, -0.15) is 0 Å². The van der Waals surface area contributed by atoms with Gasteiger partial charge < -0.3 is 20.3 Å². The van der Waals surface area contributed by atoms with Gasteiger partial charge in [0.05, 0.1) is 0 Å². The standard InChI is InChI=1S/C26H25NO5/c1-2-16-11-12-24(28)17(13-16)14-23(25(29)30)27-26(31)32-15-22-20-9-5-3-7-18(20)19-8-4-6-10-21(19)22/h3-13,22-23,28H,2,14-15H2,1H3,(H,27,31)(H,29,30). The van der Waals surface area contributed by atoms with E-state index in [0.717, 1.165) is 34.2 Å². The molecule has 32 heavy (non-hydrogen) atoms. The van der Waals surface area contributed by atoms with Crippen molar-refractivity contribution in [3.63, 3.8) is 0 Å². The summed E-state index contributed by atoms with van der Waals surface area (Å²) in [5, 5.41) is 22.1. The fourth-order valence-corrected chi connectivity index (χ4v) is 4.22. The summed E-state index contributed by atoms with van der Waals surface area (Å²) in [5.74, 6) is -1.30. The minimum Gasteiger partial charge on any atom is -0.508 e. The van der Waals surface area contributed by atoms with Crippen molar-refractivity contribution >= 4 is 12.1 Å². The van der Waals surface area contributed by atoms with Gasteiger partial charge in [-0.25, -0.2) is 9.59 Å². The molecule has 0 fully saturated rings. The third-order valence-electron chi connectivity index (χ3n) is 5.91. The smallest absolute Gasteiger partial charge is 0.407 e. The van der Waals surface area contributed by atoms with Crippen LogP contribution in [0, 0.1) is 0 Å². The van der Waals surface area contributed by atoms with Gasteiger partial charge >= 0.3 is 12.1 Å². The Labute approximate surface area is 186 Å². The molecule has 3 aromatic carbocycles. The van der Waals surface area contributed by atoms with E-state index < -0.39 is 18.1 Å². The molecule has 0 aromatic heterocycles. The molecule has 6 nitrogen and oxygen atoms in total. The number of ether oxygens (including phenoxy) is 1. The number of aryl methyl sites for hydroxylation is 1. The van der Waals surface area contributed by atoms with E-state index in [1.54, 1.807) is 18.2 Å². The van der Waals surface area contributed by atoms with Crippen molar-refractivity contribution in [2.75, 3.05) is 6.61 Å². The third kappa shape index (κ3) is 4.30. The number of carbonyl (C=O) groups excluding carboxylic acids is 1. The molecule has 1 unspecified atom stereocenters. The SMILES string of the molecule is CCc1ccc(O)c(CC(NC(=O)OCC2c3ccccc3-c3ccccc32)C(=O)O)c1. The lowest BCUT2D eigenvalue weighted by molar-refractivity contribution is -0.139. The highest BCUT2D eigenvalue weighted by Gasteiger charge is 2.30. The highest BCUT2D eigenvalue weighted by Crippen LogP contribution is 2.44. The van der Waals surface area contributed by atoms with E-state index in [9.17, 15) is 19.8 Å². The lowest BCUT2D eigenvalue weighted by Crippen LogP contribution is -2.43. The van der Waals surface area contributed by atoms with Crippen LogP contribution < -0.4 is 5.32 Å². The largest absolute Gasteiger partial charge is 0.508 e. The number of rotatable bonds is 7. The van der Waals surface area contributed by atoms with E-state index >= 15 is 0 Å². The third-order valence-corrected chi connectivity index (χ3v) is 5.91. The zero-order valence-corrected chi connectivity index (χ0v) is 17.7. The molecule has 6 heteroatoms. The maximum atomic E-state index is 12.5. The Morgan fingerprint density at radius 3 is 2.22 bits per heavy atom. The van der Waals surface area contributed by atoms with E-state index in [1.165, 1.54) is 0 Å². The number of carboxylic acids is 1. The van der Waals surface area contributed by atoms with E-state index in [0.29, 0.717) is 5.56 Å². The minimum absolute atomic E-state index is 0.00258. The summed E-state index contributed by atoms with van der Waals surface area (Å²) >= 11 is 0. The van der Waals surface area contributed by atoms with Gasteiger partial charge in [0.2, 0.25) is 0 Å². The molecule has 0 aliphatic heterocycles. The first-order valence-corrected chi connectivity index (χ1v) is 10.6. The predicted molar refractivity (Wildman–Crippen MR) is 121 cm³/mol. The van der Waals surface area contributed by atoms with Crippen LogP contribution in [0.4, 0.5) is 4.79 Å². The van der Waals surface area contributed by atoms with Gasteiger partial charge in [-0.1, -0.05) is 67.6 Å². The summed E-state index contributed by atoms with van der Waals surface area (Å²) in [6.45, 7) is 2.07. The fourth-order valence-electron chi connectivity index (χ4n) is 4.22. The fraction of sp³-hybridized carbons (Fsp3) is 0.231. The zero-order valence-electron chi connectivity index (χ0n) is 17.7. The average Bonchev–Trinajstić information content (AvgIpc) is 3.12. The van der Waals surface area contributed by atoms with Gasteiger partial charge in [-0.3, -0.25) is 0 Å². The number of carbonyl (C=O) groups is 2. The van der Waals surface area contributed by atoms with Crippen LogP contribution >= 0.6 is 0 Å². The minimum atomic E-state index is -1.22. The van der Waals surface area contributed by atoms with Crippen LogP contribution in [-0.2, 0) is 22.4 Å². The average molecular weight is 431 g/mol. The molecule has 0 saturated heterocycles. The Bertz CT molecular complexity index is 1110. The number of aliphatic carboxylic acids is 1. The molecule has 3 N–H and O–H groups in total. The Hall–Kier alpha value is -3.80. The van der Waals surface area contributed by atoms with Crippen LogP contribution in [0.25, 0.3) is 11.1 Å². The number of benzene rings is 3. The molecule has 0 spiro atoms. The number of hydrogen-bond acceptors (Lipinski definition) is 4. The predicted octanol–water partition coefficient (Wildman–Crippen LogP) is 4.49. The Kier molecular flexibility index (Phi) is 6.12. The van der Waals surface area contributed by atoms with Gasteiger partial charge in [-0.15, -0.1) is 0 Å². The lowest BCUT2D eigenvalue weighted by Gasteiger charge is -2.18.